The molecule has 0 amide bonds. The van der Waals surface area contributed by atoms with E-state index in [4.69, 9.17) is 0 Å². The van der Waals surface area contributed by atoms with E-state index < -0.39 is 11.0 Å². The number of unbranched alkanes of at least 4 members (excludes halogenated alkanes) is 2. The number of rotatable bonds is 6. The van der Waals surface area contributed by atoms with E-state index >= 15 is 0 Å². The molecule has 0 aliphatic rings. The predicted molar refractivity (Wildman–Crippen MR) is 45.6 cm³/mol. The fourth-order valence-corrected chi connectivity index (χ4v) is 1.04. The zero-order valence-electron chi connectivity index (χ0n) is 7.58. The first-order chi connectivity index (χ1) is 5.59. The largest absolute Gasteiger partial charge is 0.292 e. The SMILES string of the molecule is CCCCCC(C(C)=O)[N+](=O)[O-]. The zero-order chi connectivity index (χ0) is 9.56. The van der Waals surface area contributed by atoms with E-state index in [0.29, 0.717) is 6.42 Å². The zero-order valence-corrected chi connectivity index (χ0v) is 7.58. The molecule has 0 spiro atoms. The van der Waals surface area contributed by atoms with Crippen LogP contribution in [0.4, 0.5) is 0 Å². The summed E-state index contributed by atoms with van der Waals surface area (Å²) in [5.41, 5.74) is 0. The van der Waals surface area contributed by atoms with E-state index in [1.165, 1.54) is 6.92 Å². The molecule has 0 rings (SSSR count). The highest BCUT2D eigenvalue weighted by Crippen LogP contribution is 2.06. The molecular weight excluding hydrogens is 158 g/mol. The lowest BCUT2D eigenvalue weighted by Gasteiger charge is -2.04. The summed E-state index contributed by atoms with van der Waals surface area (Å²) in [5.74, 6) is -0.337. The van der Waals surface area contributed by atoms with Crippen LogP contribution in [0.2, 0.25) is 0 Å². The Hall–Kier alpha value is -0.930. The summed E-state index contributed by atoms with van der Waals surface area (Å²) < 4.78 is 0. The van der Waals surface area contributed by atoms with Crippen molar-refractivity contribution in [1.29, 1.82) is 0 Å². The van der Waals surface area contributed by atoms with Crippen LogP contribution in [-0.2, 0) is 4.79 Å². The first-order valence-electron chi connectivity index (χ1n) is 4.23. The molecule has 1 unspecified atom stereocenters. The second kappa shape index (κ2) is 5.69. The lowest BCUT2D eigenvalue weighted by Crippen LogP contribution is -2.27. The third kappa shape index (κ3) is 4.05. The molecule has 0 radical (unpaired) electrons. The van der Waals surface area contributed by atoms with Gasteiger partial charge in [-0.1, -0.05) is 19.8 Å². The fourth-order valence-electron chi connectivity index (χ4n) is 1.04. The molecule has 0 fully saturated rings. The van der Waals surface area contributed by atoms with E-state index in [-0.39, 0.29) is 5.78 Å². The van der Waals surface area contributed by atoms with E-state index in [2.05, 4.69) is 0 Å². The second-order valence-corrected chi connectivity index (χ2v) is 2.91. The van der Waals surface area contributed by atoms with Crippen LogP contribution < -0.4 is 0 Å². The molecule has 1 atom stereocenters. The number of carbonyl (C=O) groups excluding carboxylic acids is 1. The van der Waals surface area contributed by atoms with Gasteiger partial charge in [-0.05, 0) is 6.42 Å². The van der Waals surface area contributed by atoms with Crippen LogP contribution in [0.5, 0.6) is 0 Å². The molecule has 70 valence electrons. The summed E-state index contributed by atoms with van der Waals surface area (Å²) in [5, 5.41) is 10.3. The van der Waals surface area contributed by atoms with Crippen LogP contribution in [0.15, 0.2) is 0 Å². The summed E-state index contributed by atoms with van der Waals surface area (Å²) >= 11 is 0. The van der Waals surface area contributed by atoms with Gasteiger partial charge in [0.05, 0.1) is 0 Å². The number of carbonyl (C=O) groups is 1. The van der Waals surface area contributed by atoms with Gasteiger partial charge < -0.3 is 0 Å². The van der Waals surface area contributed by atoms with Crippen molar-refractivity contribution in [2.45, 2.75) is 45.6 Å². The van der Waals surface area contributed by atoms with Crippen LogP contribution in [0.25, 0.3) is 0 Å². The third-order valence-corrected chi connectivity index (χ3v) is 1.80. The van der Waals surface area contributed by atoms with Gasteiger partial charge in [-0.3, -0.25) is 14.9 Å². The van der Waals surface area contributed by atoms with Crippen molar-refractivity contribution in [2.75, 3.05) is 0 Å². The minimum absolute atomic E-state index is 0.337. The van der Waals surface area contributed by atoms with Crippen molar-refractivity contribution >= 4 is 5.78 Å². The van der Waals surface area contributed by atoms with Crippen LogP contribution in [0, 0.1) is 10.1 Å². The number of ketones is 1. The second-order valence-electron chi connectivity index (χ2n) is 2.91. The van der Waals surface area contributed by atoms with Crippen molar-refractivity contribution < 1.29 is 9.72 Å². The molecular formula is C8H15NO3. The van der Waals surface area contributed by atoms with Gasteiger partial charge >= 0.3 is 0 Å². The van der Waals surface area contributed by atoms with Crippen molar-refractivity contribution in [3.63, 3.8) is 0 Å². The maximum Gasteiger partial charge on any atom is 0.269 e. The lowest BCUT2D eigenvalue weighted by molar-refractivity contribution is -0.508. The molecule has 0 N–H and O–H groups in total. The molecule has 0 aliphatic heterocycles. The predicted octanol–water partition coefficient (Wildman–Crippen LogP) is 1.80. The number of nitrogens with zero attached hydrogens (tertiary/aromatic N) is 1. The van der Waals surface area contributed by atoms with Gasteiger partial charge in [-0.2, -0.15) is 0 Å². The molecule has 0 heterocycles. The Balaban J connectivity index is 3.80. The fraction of sp³-hybridized carbons (Fsp3) is 0.875. The average Bonchev–Trinajstić information content (AvgIpc) is 1.96. The molecule has 0 aromatic carbocycles. The summed E-state index contributed by atoms with van der Waals surface area (Å²) in [7, 11) is 0. The lowest BCUT2D eigenvalue weighted by atomic mass is 10.1. The molecule has 0 aliphatic carbocycles. The molecule has 0 saturated carbocycles. The number of hydrogen-bond acceptors (Lipinski definition) is 3. The first kappa shape index (κ1) is 11.1. The molecule has 0 saturated heterocycles. The summed E-state index contributed by atoms with van der Waals surface area (Å²) in [6, 6.07) is -0.975. The molecule has 0 bridgehead atoms. The maximum absolute atomic E-state index is 10.7. The summed E-state index contributed by atoms with van der Waals surface area (Å²) in [6.07, 6.45) is 3.12. The Bertz CT molecular complexity index is 154. The molecule has 4 heteroatoms. The van der Waals surface area contributed by atoms with Crippen LogP contribution in [0.1, 0.15) is 39.5 Å². The molecule has 0 aromatic heterocycles. The summed E-state index contributed by atoms with van der Waals surface area (Å²) in [4.78, 5) is 20.6. The Morgan fingerprint density at radius 2 is 2.08 bits per heavy atom. The average molecular weight is 173 g/mol. The highest BCUT2D eigenvalue weighted by molar-refractivity contribution is 5.80. The van der Waals surface area contributed by atoms with E-state index in [0.717, 1.165) is 19.3 Å². The van der Waals surface area contributed by atoms with Crippen molar-refractivity contribution in [3.05, 3.63) is 10.1 Å². The monoisotopic (exact) mass is 173 g/mol. The van der Waals surface area contributed by atoms with Gasteiger partial charge in [-0.15, -0.1) is 0 Å². The molecule has 12 heavy (non-hydrogen) atoms. The van der Waals surface area contributed by atoms with E-state index in [1.54, 1.807) is 0 Å². The van der Waals surface area contributed by atoms with Gasteiger partial charge in [0.15, 0.2) is 0 Å². The minimum atomic E-state index is -0.975. The quantitative estimate of drug-likeness (QED) is 0.349. The maximum atomic E-state index is 10.7. The molecule has 0 aromatic rings. The summed E-state index contributed by atoms with van der Waals surface area (Å²) in [6.45, 7) is 3.30. The third-order valence-electron chi connectivity index (χ3n) is 1.80. The van der Waals surface area contributed by atoms with Gasteiger partial charge in [-0.25, -0.2) is 0 Å². The topological polar surface area (TPSA) is 60.2 Å². The van der Waals surface area contributed by atoms with Crippen molar-refractivity contribution in [3.8, 4) is 0 Å². The number of hydrogen-bond donors (Lipinski definition) is 0. The van der Waals surface area contributed by atoms with Gasteiger partial charge in [0, 0.05) is 18.3 Å². The number of Topliss-reactive ketones (excluding diaryl/α,β-unsaturated/α-hetero) is 1. The van der Waals surface area contributed by atoms with E-state index in [1.807, 2.05) is 6.92 Å². The Labute approximate surface area is 72.1 Å². The normalized spacial score (nSPS) is 12.5. The van der Waals surface area contributed by atoms with Crippen LogP contribution in [-0.4, -0.2) is 16.7 Å². The highest BCUT2D eigenvalue weighted by Gasteiger charge is 2.24. The number of nitro groups is 1. The van der Waals surface area contributed by atoms with Gasteiger partial charge in [0.1, 0.15) is 0 Å². The van der Waals surface area contributed by atoms with Crippen LogP contribution >= 0.6 is 0 Å². The van der Waals surface area contributed by atoms with Gasteiger partial charge in [0.2, 0.25) is 5.78 Å². The van der Waals surface area contributed by atoms with E-state index in [9.17, 15) is 14.9 Å². The highest BCUT2D eigenvalue weighted by atomic mass is 16.6. The first-order valence-corrected chi connectivity index (χ1v) is 4.23. The smallest absolute Gasteiger partial charge is 0.269 e. The standard InChI is InChI=1S/C8H15NO3/c1-3-4-5-6-8(7(2)10)9(11)12/h8H,3-6H2,1-2H3. The Morgan fingerprint density at radius 1 is 1.50 bits per heavy atom. The van der Waals surface area contributed by atoms with Crippen LogP contribution in [0.3, 0.4) is 0 Å². The van der Waals surface area contributed by atoms with Crippen molar-refractivity contribution in [2.24, 2.45) is 0 Å². The Kier molecular flexibility index (Phi) is 5.25. The van der Waals surface area contributed by atoms with Crippen molar-refractivity contribution in [1.82, 2.24) is 0 Å². The van der Waals surface area contributed by atoms with Gasteiger partial charge in [0.25, 0.3) is 6.04 Å². The molecule has 4 nitrogen and oxygen atoms in total. The Morgan fingerprint density at radius 3 is 2.42 bits per heavy atom. The minimum Gasteiger partial charge on any atom is -0.292 e.